The number of thiophene rings is 1. The van der Waals surface area contributed by atoms with Gasteiger partial charge in [0.05, 0.1) is 5.60 Å². The van der Waals surface area contributed by atoms with Crippen molar-refractivity contribution in [2.45, 2.75) is 31.8 Å². The molecule has 1 nitrogen and oxygen atoms in total. The van der Waals surface area contributed by atoms with E-state index in [4.69, 9.17) is 0 Å². The molecule has 0 saturated heterocycles. The second-order valence-corrected chi connectivity index (χ2v) is 5.85. The van der Waals surface area contributed by atoms with Crippen molar-refractivity contribution in [2.24, 2.45) is 5.92 Å². The summed E-state index contributed by atoms with van der Waals surface area (Å²) in [5.74, 6) is 0.529. The third-order valence-corrected chi connectivity index (χ3v) is 4.59. The van der Waals surface area contributed by atoms with E-state index in [9.17, 15) is 5.11 Å². The van der Waals surface area contributed by atoms with E-state index in [2.05, 4.69) is 21.3 Å². The maximum Gasteiger partial charge on any atom is 0.0696 e. The summed E-state index contributed by atoms with van der Waals surface area (Å²) in [4.78, 5) is 1.26. The van der Waals surface area contributed by atoms with E-state index in [1.165, 1.54) is 17.7 Å². The quantitative estimate of drug-likeness (QED) is 0.885. The highest BCUT2D eigenvalue weighted by atomic mass is 79.9. The Labute approximate surface area is 90.9 Å². The van der Waals surface area contributed by atoms with E-state index in [-0.39, 0.29) is 0 Å². The van der Waals surface area contributed by atoms with Gasteiger partial charge < -0.3 is 5.11 Å². The molecule has 1 aromatic rings. The van der Waals surface area contributed by atoms with Gasteiger partial charge in [0.1, 0.15) is 0 Å². The van der Waals surface area contributed by atoms with E-state index in [0.717, 1.165) is 10.9 Å². The maximum absolute atomic E-state index is 10.1. The molecule has 0 aromatic carbocycles. The van der Waals surface area contributed by atoms with Gasteiger partial charge >= 0.3 is 0 Å². The molecule has 0 amide bonds. The fourth-order valence-corrected chi connectivity index (χ4v) is 3.28. The summed E-state index contributed by atoms with van der Waals surface area (Å²) >= 11 is 5.20. The summed E-state index contributed by atoms with van der Waals surface area (Å²) in [6.45, 7) is 1.96. The average molecular weight is 261 g/mol. The third-order valence-electron chi connectivity index (χ3n) is 2.67. The summed E-state index contributed by atoms with van der Waals surface area (Å²) in [6.07, 6.45) is 3.17. The second kappa shape index (κ2) is 3.37. The predicted octanol–water partition coefficient (Wildman–Crippen LogP) is 3.21. The molecule has 2 rings (SSSR count). The standard InChI is InChI=1S/C10H13BrOS/c1-10(12,7-2-3-7)6-9-8(11)4-5-13-9/h4-5,7,12H,2-3,6H2,1H3. The molecular formula is C10H13BrOS. The van der Waals surface area contributed by atoms with Crippen LogP contribution in [0, 0.1) is 5.92 Å². The van der Waals surface area contributed by atoms with Gasteiger partial charge in [-0.2, -0.15) is 0 Å². The maximum atomic E-state index is 10.1. The first-order valence-electron chi connectivity index (χ1n) is 4.54. The van der Waals surface area contributed by atoms with Gasteiger partial charge in [-0.25, -0.2) is 0 Å². The van der Waals surface area contributed by atoms with Crippen LogP contribution in [-0.4, -0.2) is 10.7 Å². The van der Waals surface area contributed by atoms with E-state index in [1.54, 1.807) is 11.3 Å². The molecule has 1 aromatic heterocycles. The van der Waals surface area contributed by atoms with Crippen molar-refractivity contribution < 1.29 is 5.11 Å². The zero-order chi connectivity index (χ0) is 9.47. The van der Waals surface area contributed by atoms with Gasteiger partial charge in [0, 0.05) is 15.8 Å². The Kier molecular flexibility index (Phi) is 2.51. The lowest BCUT2D eigenvalue weighted by atomic mass is 9.96. The number of hydrogen-bond donors (Lipinski definition) is 1. The number of rotatable bonds is 3. The third kappa shape index (κ3) is 2.14. The van der Waals surface area contributed by atoms with Crippen molar-refractivity contribution in [3.05, 3.63) is 20.8 Å². The molecule has 1 fully saturated rings. The summed E-state index contributed by atoms with van der Waals surface area (Å²) in [7, 11) is 0. The van der Waals surface area contributed by atoms with Crippen LogP contribution in [0.15, 0.2) is 15.9 Å². The first-order valence-corrected chi connectivity index (χ1v) is 6.21. The molecule has 1 saturated carbocycles. The van der Waals surface area contributed by atoms with Gasteiger partial charge in [-0.1, -0.05) is 0 Å². The van der Waals surface area contributed by atoms with Crippen LogP contribution in [0.1, 0.15) is 24.6 Å². The molecule has 72 valence electrons. The van der Waals surface area contributed by atoms with Crippen LogP contribution in [0.3, 0.4) is 0 Å². The minimum atomic E-state index is -0.493. The Morgan fingerprint density at radius 3 is 2.85 bits per heavy atom. The van der Waals surface area contributed by atoms with Crippen LogP contribution in [0.25, 0.3) is 0 Å². The van der Waals surface area contributed by atoms with E-state index in [1.807, 2.05) is 13.0 Å². The van der Waals surface area contributed by atoms with Gasteiger partial charge in [0.15, 0.2) is 0 Å². The fourth-order valence-electron chi connectivity index (χ4n) is 1.63. The molecule has 1 N–H and O–H groups in total. The second-order valence-electron chi connectivity index (χ2n) is 4.00. The van der Waals surface area contributed by atoms with Crippen molar-refractivity contribution in [1.29, 1.82) is 0 Å². The zero-order valence-electron chi connectivity index (χ0n) is 7.59. The molecule has 1 atom stereocenters. The molecule has 13 heavy (non-hydrogen) atoms. The smallest absolute Gasteiger partial charge is 0.0696 e. The van der Waals surface area contributed by atoms with E-state index >= 15 is 0 Å². The molecule has 0 radical (unpaired) electrons. The molecular weight excluding hydrogens is 248 g/mol. The lowest BCUT2D eigenvalue weighted by Crippen LogP contribution is -2.29. The minimum absolute atomic E-state index is 0.493. The Balaban J connectivity index is 2.08. The molecule has 3 heteroatoms. The van der Waals surface area contributed by atoms with Crippen molar-refractivity contribution in [3.8, 4) is 0 Å². The van der Waals surface area contributed by atoms with Gasteiger partial charge in [0.25, 0.3) is 0 Å². The molecule has 1 aliphatic carbocycles. The van der Waals surface area contributed by atoms with Crippen LogP contribution >= 0.6 is 27.3 Å². The highest BCUT2D eigenvalue weighted by Crippen LogP contribution is 2.42. The van der Waals surface area contributed by atoms with Crippen molar-refractivity contribution >= 4 is 27.3 Å². The Bertz CT molecular complexity index is 302. The summed E-state index contributed by atoms with van der Waals surface area (Å²) in [6, 6.07) is 2.04. The van der Waals surface area contributed by atoms with Crippen LogP contribution < -0.4 is 0 Å². The first-order chi connectivity index (χ1) is 6.09. The summed E-state index contributed by atoms with van der Waals surface area (Å²) in [5.41, 5.74) is -0.493. The molecule has 0 spiro atoms. The lowest BCUT2D eigenvalue weighted by Gasteiger charge is -2.22. The van der Waals surface area contributed by atoms with E-state index in [0.29, 0.717) is 5.92 Å². The van der Waals surface area contributed by atoms with Gasteiger partial charge in [-0.3, -0.25) is 0 Å². The molecule has 0 aliphatic heterocycles. The van der Waals surface area contributed by atoms with Gasteiger partial charge in [0.2, 0.25) is 0 Å². The molecule has 1 aliphatic rings. The monoisotopic (exact) mass is 260 g/mol. The number of aliphatic hydroxyl groups is 1. The number of hydrogen-bond acceptors (Lipinski definition) is 2. The predicted molar refractivity (Wildman–Crippen MR) is 59.1 cm³/mol. The summed E-state index contributed by atoms with van der Waals surface area (Å²) in [5, 5.41) is 12.2. The highest BCUT2D eigenvalue weighted by Gasteiger charge is 2.40. The largest absolute Gasteiger partial charge is 0.390 e. The van der Waals surface area contributed by atoms with Crippen LogP contribution in [-0.2, 0) is 6.42 Å². The zero-order valence-corrected chi connectivity index (χ0v) is 9.99. The van der Waals surface area contributed by atoms with Gasteiger partial charge in [-0.05, 0) is 53.1 Å². The SMILES string of the molecule is CC(O)(Cc1sccc1Br)C1CC1. The van der Waals surface area contributed by atoms with E-state index < -0.39 is 5.60 Å². The normalized spacial score (nSPS) is 21.5. The molecule has 1 unspecified atom stereocenters. The number of halogens is 1. The van der Waals surface area contributed by atoms with Crippen LogP contribution in [0.2, 0.25) is 0 Å². The molecule has 1 heterocycles. The van der Waals surface area contributed by atoms with Crippen molar-refractivity contribution in [3.63, 3.8) is 0 Å². The lowest BCUT2D eigenvalue weighted by molar-refractivity contribution is 0.0378. The Morgan fingerprint density at radius 1 is 1.69 bits per heavy atom. The molecule has 0 bridgehead atoms. The fraction of sp³-hybridized carbons (Fsp3) is 0.600. The van der Waals surface area contributed by atoms with Gasteiger partial charge in [-0.15, -0.1) is 11.3 Å². The van der Waals surface area contributed by atoms with Crippen LogP contribution in [0.5, 0.6) is 0 Å². The Hall–Kier alpha value is 0.140. The average Bonchev–Trinajstić information content (AvgIpc) is 2.80. The minimum Gasteiger partial charge on any atom is -0.390 e. The first kappa shape index (κ1) is 9.69. The van der Waals surface area contributed by atoms with Crippen molar-refractivity contribution in [1.82, 2.24) is 0 Å². The van der Waals surface area contributed by atoms with Crippen molar-refractivity contribution in [2.75, 3.05) is 0 Å². The summed E-state index contributed by atoms with van der Waals surface area (Å²) < 4.78 is 1.14. The highest BCUT2D eigenvalue weighted by molar-refractivity contribution is 9.10. The Morgan fingerprint density at radius 2 is 2.38 bits per heavy atom. The topological polar surface area (TPSA) is 20.2 Å². The van der Waals surface area contributed by atoms with Crippen LogP contribution in [0.4, 0.5) is 0 Å².